The van der Waals surface area contributed by atoms with Gasteiger partial charge in [-0.15, -0.1) is 0 Å². The molecule has 5 nitrogen and oxygen atoms in total. The van der Waals surface area contributed by atoms with Gasteiger partial charge in [-0.3, -0.25) is 9.59 Å². The number of hydrogen-bond acceptors (Lipinski definition) is 3. The van der Waals surface area contributed by atoms with Crippen molar-refractivity contribution in [3.8, 4) is 11.3 Å². The smallest absolute Gasteiger partial charge is 0.264 e. The number of carbonyl (C=O) groups excluding carboxylic acids is 1. The summed E-state index contributed by atoms with van der Waals surface area (Å²) >= 11 is 9.42. The van der Waals surface area contributed by atoms with E-state index in [1.807, 2.05) is 6.07 Å². The number of carbonyl (C=O) groups is 1. The summed E-state index contributed by atoms with van der Waals surface area (Å²) in [5.74, 6) is -0.335. The predicted molar refractivity (Wildman–Crippen MR) is 97.4 cm³/mol. The topological polar surface area (TPSA) is 74.8 Å². The van der Waals surface area contributed by atoms with Crippen LogP contribution < -0.4 is 10.9 Å². The fraction of sp³-hybridized carbons (Fsp3) is 0. The summed E-state index contributed by atoms with van der Waals surface area (Å²) in [6.45, 7) is 0. The average molecular weight is 405 g/mol. The van der Waals surface area contributed by atoms with E-state index in [1.54, 1.807) is 42.5 Å². The molecule has 7 heteroatoms. The average Bonchev–Trinajstić information content (AvgIpc) is 2.58. The molecule has 0 bridgehead atoms. The molecule has 0 saturated heterocycles. The summed E-state index contributed by atoms with van der Waals surface area (Å²) in [7, 11) is 0. The van der Waals surface area contributed by atoms with Gasteiger partial charge in [0.25, 0.3) is 11.5 Å². The van der Waals surface area contributed by atoms with E-state index in [2.05, 4.69) is 31.4 Å². The van der Waals surface area contributed by atoms with Crippen molar-refractivity contribution in [2.24, 2.45) is 0 Å². The van der Waals surface area contributed by atoms with E-state index < -0.39 is 0 Å². The number of H-pyrrole nitrogens is 1. The Morgan fingerprint density at radius 2 is 1.92 bits per heavy atom. The van der Waals surface area contributed by atoms with E-state index in [9.17, 15) is 9.59 Å². The Morgan fingerprint density at radius 3 is 2.67 bits per heavy atom. The van der Waals surface area contributed by atoms with Crippen molar-refractivity contribution in [2.75, 3.05) is 5.32 Å². The van der Waals surface area contributed by atoms with Crippen LogP contribution >= 0.6 is 27.5 Å². The highest BCUT2D eigenvalue weighted by Crippen LogP contribution is 2.27. The first-order valence-electron chi connectivity index (χ1n) is 6.96. The number of para-hydroxylation sites is 1. The molecule has 3 rings (SSSR count). The van der Waals surface area contributed by atoms with E-state index in [1.165, 1.54) is 6.07 Å². The van der Waals surface area contributed by atoms with Gasteiger partial charge in [-0.2, -0.15) is 5.10 Å². The molecular formula is C17H11BrClN3O2. The number of aromatic nitrogens is 2. The quantitative estimate of drug-likeness (QED) is 0.690. The molecule has 1 amide bonds. The number of anilines is 1. The highest BCUT2D eigenvalue weighted by Gasteiger charge is 2.14. The van der Waals surface area contributed by atoms with Gasteiger partial charge >= 0.3 is 0 Å². The second-order valence-corrected chi connectivity index (χ2v) is 6.25. The summed E-state index contributed by atoms with van der Waals surface area (Å²) in [6.07, 6.45) is 0. The highest BCUT2D eigenvalue weighted by atomic mass is 79.9. The number of rotatable bonds is 3. The first kappa shape index (κ1) is 16.4. The van der Waals surface area contributed by atoms with Crippen LogP contribution in [0.25, 0.3) is 11.3 Å². The van der Waals surface area contributed by atoms with Crippen LogP contribution in [0.4, 0.5) is 5.69 Å². The third-order valence-electron chi connectivity index (χ3n) is 3.30. The highest BCUT2D eigenvalue weighted by molar-refractivity contribution is 9.10. The SMILES string of the molecule is O=C(Nc1ccccc1-c1ccc(=O)[nH]n1)c1cc(Br)ccc1Cl. The zero-order valence-corrected chi connectivity index (χ0v) is 14.6. The third-order valence-corrected chi connectivity index (χ3v) is 4.13. The van der Waals surface area contributed by atoms with Crippen molar-refractivity contribution < 1.29 is 4.79 Å². The maximum absolute atomic E-state index is 12.5. The van der Waals surface area contributed by atoms with Gasteiger partial charge in [0.2, 0.25) is 0 Å². The molecule has 24 heavy (non-hydrogen) atoms. The Kier molecular flexibility index (Phi) is 4.78. The molecule has 120 valence electrons. The molecular weight excluding hydrogens is 394 g/mol. The minimum atomic E-state index is -0.335. The van der Waals surface area contributed by atoms with Crippen molar-refractivity contribution in [1.29, 1.82) is 0 Å². The fourth-order valence-electron chi connectivity index (χ4n) is 2.17. The molecule has 2 aromatic carbocycles. The van der Waals surface area contributed by atoms with Gasteiger partial charge in [0, 0.05) is 16.1 Å². The van der Waals surface area contributed by atoms with E-state index in [4.69, 9.17) is 11.6 Å². The molecule has 1 aromatic heterocycles. The number of hydrogen-bond donors (Lipinski definition) is 2. The zero-order valence-electron chi connectivity index (χ0n) is 12.2. The molecule has 2 N–H and O–H groups in total. The Labute approximate surface area is 150 Å². The lowest BCUT2D eigenvalue weighted by Gasteiger charge is -2.11. The number of nitrogens with one attached hydrogen (secondary N) is 2. The van der Waals surface area contributed by atoms with E-state index in [-0.39, 0.29) is 11.5 Å². The van der Waals surface area contributed by atoms with Gasteiger partial charge in [0.15, 0.2) is 0 Å². The van der Waals surface area contributed by atoms with Crippen LogP contribution in [0, 0.1) is 0 Å². The monoisotopic (exact) mass is 403 g/mol. The normalized spacial score (nSPS) is 10.4. The molecule has 0 aliphatic heterocycles. The fourth-order valence-corrected chi connectivity index (χ4v) is 2.74. The zero-order chi connectivity index (χ0) is 17.1. The Balaban J connectivity index is 1.96. The first-order chi connectivity index (χ1) is 11.5. The Bertz CT molecular complexity index is 952. The molecule has 0 spiro atoms. The molecule has 0 unspecified atom stereocenters. The number of halogens is 2. The van der Waals surface area contributed by atoms with Crippen molar-refractivity contribution in [1.82, 2.24) is 10.2 Å². The summed E-state index contributed by atoms with van der Waals surface area (Å²) in [6, 6.07) is 15.2. The van der Waals surface area contributed by atoms with Gasteiger partial charge in [-0.1, -0.05) is 45.7 Å². The molecule has 0 saturated carbocycles. The summed E-state index contributed by atoms with van der Waals surface area (Å²) < 4.78 is 0.757. The molecule has 0 radical (unpaired) electrons. The molecule has 0 aliphatic rings. The minimum Gasteiger partial charge on any atom is -0.321 e. The van der Waals surface area contributed by atoms with Gasteiger partial charge in [-0.05, 0) is 30.3 Å². The molecule has 1 heterocycles. The number of benzene rings is 2. The maximum atomic E-state index is 12.5. The molecule has 0 atom stereocenters. The van der Waals surface area contributed by atoms with Crippen LogP contribution in [0.1, 0.15) is 10.4 Å². The van der Waals surface area contributed by atoms with E-state index in [0.29, 0.717) is 27.5 Å². The minimum absolute atomic E-state index is 0.291. The second kappa shape index (κ2) is 6.98. The molecule has 0 aliphatic carbocycles. The van der Waals surface area contributed by atoms with Crippen LogP contribution in [0.3, 0.4) is 0 Å². The Hall–Kier alpha value is -2.44. The maximum Gasteiger partial charge on any atom is 0.264 e. The predicted octanol–water partition coefficient (Wildman–Crippen LogP) is 4.11. The van der Waals surface area contributed by atoms with Crippen LogP contribution in [-0.2, 0) is 0 Å². The van der Waals surface area contributed by atoms with Crippen molar-refractivity contribution in [3.05, 3.63) is 80.0 Å². The van der Waals surface area contributed by atoms with E-state index in [0.717, 1.165) is 4.47 Å². The van der Waals surface area contributed by atoms with Crippen molar-refractivity contribution in [2.45, 2.75) is 0 Å². The van der Waals surface area contributed by atoms with Crippen LogP contribution in [-0.4, -0.2) is 16.1 Å². The largest absolute Gasteiger partial charge is 0.321 e. The van der Waals surface area contributed by atoms with Crippen LogP contribution in [0.5, 0.6) is 0 Å². The summed E-state index contributed by atoms with van der Waals surface area (Å²) in [4.78, 5) is 23.7. The summed E-state index contributed by atoms with van der Waals surface area (Å²) in [5, 5.41) is 9.57. The van der Waals surface area contributed by atoms with Crippen LogP contribution in [0.15, 0.2) is 63.9 Å². The first-order valence-corrected chi connectivity index (χ1v) is 8.13. The lowest BCUT2D eigenvalue weighted by Crippen LogP contribution is -2.14. The van der Waals surface area contributed by atoms with Crippen LogP contribution in [0.2, 0.25) is 5.02 Å². The summed E-state index contributed by atoms with van der Waals surface area (Å²) in [5.41, 5.74) is 1.87. The van der Waals surface area contributed by atoms with E-state index >= 15 is 0 Å². The number of nitrogens with zero attached hydrogens (tertiary/aromatic N) is 1. The van der Waals surface area contributed by atoms with Gasteiger partial charge in [0.1, 0.15) is 0 Å². The van der Waals surface area contributed by atoms with Crippen molar-refractivity contribution >= 4 is 39.1 Å². The lowest BCUT2D eigenvalue weighted by molar-refractivity contribution is 0.102. The van der Waals surface area contributed by atoms with Crippen molar-refractivity contribution in [3.63, 3.8) is 0 Å². The Morgan fingerprint density at radius 1 is 1.12 bits per heavy atom. The standard InChI is InChI=1S/C17H11BrClN3O2/c18-10-5-6-13(19)12(9-10)17(24)20-14-4-2-1-3-11(14)15-7-8-16(23)22-21-15/h1-9H,(H,20,24)(H,22,23). The lowest BCUT2D eigenvalue weighted by atomic mass is 10.1. The third kappa shape index (κ3) is 3.55. The van der Waals surface area contributed by atoms with Gasteiger partial charge in [0.05, 0.1) is 22.0 Å². The van der Waals surface area contributed by atoms with Gasteiger partial charge < -0.3 is 5.32 Å². The molecule has 3 aromatic rings. The molecule has 0 fully saturated rings. The number of aromatic amines is 1. The number of amides is 1. The second-order valence-electron chi connectivity index (χ2n) is 4.93. The van der Waals surface area contributed by atoms with Gasteiger partial charge in [-0.25, -0.2) is 5.10 Å².